The lowest BCUT2D eigenvalue weighted by Crippen LogP contribution is -2.13. The summed E-state index contributed by atoms with van der Waals surface area (Å²) in [5.41, 5.74) is 3.14. The topological polar surface area (TPSA) is 72.7 Å². The van der Waals surface area contributed by atoms with Gasteiger partial charge in [-0.05, 0) is 42.8 Å². The lowest BCUT2D eigenvalue weighted by molar-refractivity contribution is 0.102. The maximum Gasteiger partial charge on any atom is 0.275 e. The Morgan fingerprint density at radius 1 is 1.06 bits per heavy atom. The number of benzene rings is 3. The van der Waals surface area contributed by atoms with Crippen molar-refractivity contribution in [3.8, 4) is 17.1 Å². The highest BCUT2D eigenvalue weighted by Crippen LogP contribution is 2.34. The first-order valence-electron chi connectivity index (χ1n) is 10.9. The third-order valence-corrected chi connectivity index (χ3v) is 7.64. The van der Waals surface area contributed by atoms with Crippen LogP contribution in [0.15, 0.2) is 83.3 Å². The predicted molar refractivity (Wildman–Crippen MR) is 143 cm³/mol. The van der Waals surface area contributed by atoms with Crippen LogP contribution in [-0.2, 0) is 5.75 Å². The van der Waals surface area contributed by atoms with Gasteiger partial charge in [0.2, 0.25) is 0 Å². The Morgan fingerprint density at radius 2 is 1.81 bits per heavy atom. The molecule has 0 bridgehead atoms. The fraction of sp³-hybridized carbons (Fsp3) is 0.0769. The van der Waals surface area contributed by atoms with Gasteiger partial charge in [0.05, 0.1) is 22.2 Å². The van der Waals surface area contributed by atoms with Gasteiger partial charge in [0.1, 0.15) is 16.5 Å². The second-order valence-corrected chi connectivity index (χ2v) is 10.0. The van der Waals surface area contributed by atoms with Crippen molar-refractivity contribution in [3.63, 3.8) is 0 Å². The zero-order valence-corrected chi connectivity index (χ0v) is 21.4. The van der Waals surface area contributed by atoms with Gasteiger partial charge in [-0.15, -0.1) is 21.5 Å². The van der Waals surface area contributed by atoms with Gasteiger partial charge in [0, 0.05) is 10.9 Å². The molecule has 3 aromatic carbocycles. The van der Waals surface area contributed by atoms with Gasteiger partial charge in [-0.1, -0.05) is 65.8 Å². The Balaban J connectivity index is 1.40. The Labute approximate surface area is 220 Å². The zero-order valence-electron chi connectivity index (χ0n) is 19.0. The van der Waals surface area contributed by atoms with Crippen LogP contribution < -0.4 is 5.32 Å². The SMILES string of the molecule is Cc1ccccc1-n1c(SCc2nc(C(=O)Nc3ccccc3F)cs2)nnc1-c1ccccc1Cl. The molecular formula is C26H19ClFN5OS2. The van der Waals surface area contributed by atoms with E-state index >= 15 is 0 Å². The van der Waals surface area contributed by atoms with Crippen molar-refractivity contribution in [2.75, 3.05) is 5.32 Å². The molecule has 6 nitrogen and oxygen atoms in total. The van der Waals surface area contributed by atoms with Crippen LogP contribution in [0.4, 0.5) is 10.1 Å². The molecular weight excluding hydrogens is 517 g/mol. The van der Waals surface area contributed by atoms with Crippen LogP contribution in [0.5, 0.6) is 0 Å². The number of hydrogen-bond acceptors (Lipinski definition) is 6. The summed E-state index contributed by atoms with van der Waals surface area (Å²) in [7, 11) is 0. The third-order valence-electron chi connectivity index (χ3n) is 5.34. The van der Waals surface area contributed by atoms with Crippen LogP contribution in [0.3, 0.4) is 0 Å². The highest BCUT2D eigenvalue weighted by Gasteiger charge is 2.20. The van der Waals surface area contributed by atoms with Crippen LogP contribution in [0.1, 0.15) is 21.1 Å². The van der Waals surface area contributed by atoms with E-state index in [1.165, 1.54) is 35.2 Å². The fourth-order valence-corrected chi connectivity index (χ4v) is 5.53. The van der Waals surface area contributed by atoms with E-state index in [-0.39, 0.29) is 11.4 Å². The number of carbonyl (C=O) groups excluding carboxylic acids is 1. The molecule has 2 aromatic heterocycles. The number of aromatic nitrogens is 4. The van der Waals surface area contributed by atoms with Gasteiger partial charge in [-0.2, -0.15) is 0 Å². The summed E-state index contributed by atoms with van der Waals surface area (Å²) < 4.78 is 15.9. The Bertz CT molecular complexity index is 1550. The van der Waals surface area contributed by atoms with Crippen molar-refractivity contribution in [1.29, 1.82) is 0 Å². The molecule has 36 heavy (non-hydrogen) atoms. The molecule has 0 fully saturated rings. The number of amides is 1. The molecule has 1 N–H and O–H groups in total. The molecule has 0 aliphatic heterocycles. The number of hydrogen-bond donors (Lipinski definition) is 1. The monoisotopic (exact) mass is 535 g/mol. The summed E-state index contributed by atoms with van der Waals surface area (Å²) in [6, 6.07) is 21.5. The Kier molecular flexibility index (Phi) is 7.13. The molecule has 0 saturated carbocycles. The van der Waals surface area contributed by atoms with Gasteiger partial charge < -0.3 is 5.32 Å². The molecule has 0 aliphatic carbocycles. The van der Waals surface area contributed by atoms with Crippen molar-refractivity contribution in [3.05, 3.63) is 105 Å². The molecule has 5 rings (SSSR count). The molecule has 0 aliphatic rings. The number of rotatable bonds is 7. The van der Waals surface area contributed by atoms with Crippen molar-refractivity contribution in [2.45, 2.75) is 17.8 Å². The first-order valence-corrected chi connectivity index (χ1v) is 13.1. The van der Waals surface area contributed by atoms with Gasteiger partial charge >= 0.3 is 0 Å². The van der Waals surface area contributed by atoms with Crippen molar-refractivity contribution >= 4 is 46.3 Å². The first kappa shape index (κ1) is 24.2. The number of thioether (sulfide) groups is 1. The average Bonchev–Trinajstić information content (AvgIpc) is 3.52. The van der Waals surface area contributed by atoms with Gasteiger partial charge in [0.25, 0.3) is 5.91 Å². The number of anilines is 1. The van der Waals surface area contributed by atoms with Crippen molar-refractivity contribution < 1.29 is 9.18 Å². The average molecular weight is 536 g/mol. The summed E-state index contributed by atoms with van der Waals surface area (Å²) in [6.45, 7) is 2.03. The highest BCUT2D eigenvalue weighted by atomic mass is 35.5. The summed E-state index contributed by atoms with van der Waals surface area (Å²) in [5.74, 6) is 0.157. The van der Waals surface area contributed by atoms with Gasteiger partial charge in [-0.25, -0.2) is 9.37 Å². The van der Waals surface area contributed by atoms with Crippen molar-refractivity contribution in [2.24, 2.45) is 0 Å². The summed E-state index contributed by atoms with van der Waals surface area (Å²) in [4.78, 5) is 17.0. The van der Waals surface area contributed by atoms with Crippen LogP contribution >= 0.6 is 34.7 Å². The van der Waals surface area contributed by atoms with E-state index < -0.39 is 11.7 Å². The molecule has 0 atom stereocenters. The minimum atomic E-state index is -0.498. The maximum atomic E-state index is 13.9. The second-order valence-electron chi connectivity index (χ2n) is 7.76. The molecule has 1 amide bonds. The number of para-hydroxylation sites is 2. The van der Waals surface area contributed by atoms with Gasteiger partial charge in [-0.3, -0.25) is 9.36 Å². The number of thiazole rings is 1. The van der Waals surface area contributed by atoms with Crippen LogP contribution in [0, 0.1) is 12.7 Å². The zero-order chi connectivity index (χ0) is 25.1. The number of nitrogens with zero attached hydrogens (tertiary/aromatic N) is 4. The number of aryl methyl sites for hydroxylation is 1. The lowest BCUT2D eigenvalue weighted by Gasteiger charge is -2.13. The Morgan fingerprint density at radius 3 is 2.61 bits per heavy atom. The molecule has 180 valence electrons. The van der Waals surface area contributed by atoms with E-state index in [0.717, 1.165) is 21.8 Å². The van der Waals surface area contributed by atoms with Gasteiger partial charge in [0.15, 0.2) is 11.0 Å². The van der Waals surface area contributed by atoms with Crippen LogP contribution in [0.25, 0.3) is 17.1 Å². The lowest BCUT2D eigenvalue weighted by atomic mass is 10.1. The number of halogens is 2. The molecule has 10 heteroatoms. The normalized spacial score (nSPS) is 11.0. The van der Waals surface area contributed by atoms with E-state index in [9.17, 15) is 9.18 Å². The minimum Gasteiger partial charge on any atom is -0.318 e. The Hall–Kier alpha value is -3.53. The fourth-order valence-electron chi connectivity index (χ4n) is 3.57. The van der Waals surface area contributed by atoms with Crippen molar-refractivity contribution in [1.82, 2.24) is 19.7 Å². The second kappa shape index (κ2) is 10.6. The van der Waals surface area contributed by atoms with E-state index in [1.807, 2.05) is 60.0 Å². The molecule has 5 aromatic rings. The molecule has 0 radical (unpaired) electrons. The molecule has 2 heterocycles. The number of nitrogens with one attached hydrogen (secondary N) is 1. The van der Waals surface area contributed by atoms with E-state index in [2.05, 4.69) is 20.5 Å². The largest absolute Gasteiger partial charge is 0.318 e. The number of carbonyl (C=O) groups is 1. The summed E-state index contributed by atoms with van der Waals surface area (Å²) >= 11 is 9.30. The standard InChI is InChI=1S/C26H19ClFN5OS2/c1-16-8-2-7-13-22(16)33-24(17-9-3-4-10-18(17)27)31-32-26(33)36-15-23-29-21(14-35-23)25(34)30-20-12-6-5-11-19(20)28/h2-14H,15H2,1H3,(H,30,34). The highest BCUT2D eigenvalue weighted by molar-refractivity contribution is 7.98. The quantitative estimate of drug-likeness (QED) is 0.226. The van der Waals surface area contributed by atoms with Crippen LogP contribution in [0.2, 0.25) is 5.02 Å². The molecule has 0 saturated heterocycles. The third kappa shape index (κ3) is 5.04. The summed E-state index contributed by atoms with van der Waals surface area (Å²) in [6.07, 6.45) is 0. The van der Waals surface area contributed by atoms with E-state index in [0.29, 0.717) is 21.8 Å². The van der Waals surface area contributed by atoms with Crippen LogP contribution in [-0.4, -0.2) is 25.7 Å². The molecule has 0 unspecified atom stereocenters. The summed E-state index contributed by atoms with van der Waals surface area (Å²) in [5, 5.41) is 15.1. The smallest absolute Gasteiger partial charge is 0.275 e. The minimum absolute atomic E-state index is 0.116. The first-order chi connectivity index (χ1) is 17.5. The van der Waals surface area contributed by atoms with E-state index in [1.54, 1.807) is 17.5 Å². The van der Waals surface area contributed by atoms with E-state index in [4.69, 9.17) is 11.6 Å². The molecule has 0 spiro atoms. The predicted octanol–water partition coefficient (Wildman–Crippen LogP) is 7.04. The maximum absolute atomic E-state index is 13.9.